The quantitative estimate of drug-likeness (QED) is 0.863. The number of amides is 1. The molecule has 0 fully saturated rings. The van der Waals surface area contributed by atoms with Crippen LogP contribution in [0.1, 0.15) is 36.4 Å². The van der Waals surface area contributed by atoms with E-state index in [-0.39, 0.29) is 24.4 Å². The molecule has 1 aromatic heterocycles. The number of carbonyl (C=O) groups is 1. The molecule has 122 valence electrons. The minimum atomic E-state index is -0.240. The fourth-order valence-corrected chi connectivity index (χ4v) is 2.67. The standard InChI is InChI=1S/C16H21ClN2O2.ClH/c1-9(2)7-11(8-18)19-16(20)14-10(3)12-5-4-6-13(17)15(12)21-14;/h4-6,9,11H,7-8,18H2,1-3H3,(H,19,20);1H. The van der Waals surface area contributed by atoms with Crippen LogP contribution in [-0.4, -0.2) is 18.5 Å². The van der Waals surface area contributed by atoms with Gasteiger partial charge in [-0.2, -0.15) is 0 Å². The number of nitrogens with two attached hydrogens (primary N) is 1. The van der Waals surface area contributed by atoms with Gasteiger partial charge in [-0.25, -0.2) is 0 Å². The SMILES string of the molecule is Cc1c(C(=O)NC(CN)CC(C)C)oc2c(Cl)cccc12.Cl. The summed E-state index contributed by atoms with van der Waals surface area (Å²) in [6.45, 7) is 6.46. The molecular formula is C16H22Cl2N2O2. The van der Waals surface area contributed by atoms with Crippen LogP contribution in [0.5, 0.6) is 0 Å². The van der Waals surface area contributed by atoms with Crippen molar-refractivity contribution in [3.05, 3.63) is 34.5 Å². The van der Waals surface area contributed by atoms with Crippen LogP contribution in [0.2, 0.25) is 5.02 Å². The van der Waals surface area contributed by atoms with Crippen molar-refractivity contribution < 1.29 is 9.21 Å². The van der Waals surface area contributed by atoms with Crippen LogP contribution in [0.15, 0.2) is 22.6 Å². The van der Waals surface area contributed by atoms with Gasteiger partial charge in [-0.1, -0.05) is 37.6 Å². The number of carbonyl (C=O) groups excluding carboxylic acids is 1. The predicted octanol–water partition coefficient (Wildman–Crippen LogP) is 3.92. The summed E-state index contributed by atoms with van der Waals surface area (Å²) < 4.78 is 5.66. The molecule has 2 aromatic rings. The van der Waals surface area contributed by atoms with Crippen LogP contribution >= 0.6 is 24.0 Å². The van der Waals surface area contributed by atoms with E-state index in [9.17, 15) is 4.79 Å². The zero-order chi connectivity index (χ0) is 15.6. The van der Waals surface area contributed by atoms with Crippen molar-refractivity contribution in [2.75, 3.05) is 6.54 Å². The zero-order valence-electron chi connectivity index (χ0n) is 13.0. The van der Waals surface area contributed by atoms with E-state index < -0.39 is 0 Å². The summed E-state index contributed by atoms with van der Waals surface area (Å²) in [4.78, 5) is 12.4. The van der Waals surface area contributed by atoms with Gasteiger partial charge in [0.1, 0.15) is 0 Å². The molecule has 0 aliphatic heterocycles. The van der Waals surface area contributed by atoms with Crippen LogP contribution in [0.25, 0.3) is 11.0 Å². The third-order valence-electron chi connectivity index (χ3n) is 3.50. The number of para-hydroxylation sites is 1. The Morgan fingerprint density at radius 1 is 1.41 bits per heavy atom. The number of halogens is 2. The van der Waals surface area contributed by atoms with E-state index in [1.165, 1.54) is 0 Å². The van der Waals surface area contributed by atoms with Crippen molar-refractivity contribution >= 4 is 40.9 Å². The molecule has 0 aliphatic rings. The van der Waals surface area contributed by atoms with Gasteiger partial charge in [0.05, 0.1) is 5.02 Å². The molecule has 22 heavy (non-hydrogen) atoms. The molecule has 0 bridgehead atoms. The molecule has 1 aromatic carbocycles. The molecule has 1 amide bonds. The van der Waals surface area contributed by atoms with Gasteiger partial charge >= 0.3 is 0 Å². The number of rotatable bonds is 5. The predicted molar refractivity (Wildman–Crippen MR) is 93.0 cm³/mol. The topological polar surface area (TPSA) is 68.3 Å². The minimum absolute atomic E-state index is 0. The van der Waals surface area contributed by atoms with Crippen molar-refractivity contribution in [2.45, 2.75) is 33.2 Å². The normalized spacial score (nSPS) is 12.3. The summed E-state index contributed by atoms with van der Waals surface area (Å²) in [7, 11) is 0. The summed E-state index contributed by atoms with van der Waals surface area (Å²) in [5.41, 5.74) is 7.07. The molecule has 0 radical (unpaired) electrons. The lowest BCUT2D eigenvalue weighted by Gasteiger charge is -2.18. The fraction of sp³-hybridized carbons (Fsp3) is 0.438. The Balaban J connectivity index is 0.00000242. The molecule has 0 saturated carbocycles. The highest BCUT2D eigenvalue weighted by Gasteiger charge is 2.21. The van der Waals surface area contributed by atoms with Crippen LogP contribution in [0, 0.1) is 12.8 Å². The molecular weight excluding hydrogens is 323 g/mol. The number of furan rings is 1. The van der Waals surface area contributed by atoms with Crippen LogP contribution in [0.3, 0.4) is 0 Å². The number of hydrogen-bond donors (Lipinski definition) is 2. The van der Waals surface area contributed by atoms with Crippen LogP contribution in [-0.2, 0) is 0 Å². The second kappa shape index (κ2) is 7.86. The van der Waals surface area contributed by atoms with Gasteiger partial charge in [0.15, 0.2) is 11.3 Å². The molecule has 0 saturated heterocycles. The van der Waals surface area contributed by atoms with Crippen LogP contribution in [0.4, 0.5) is 0 Å². The third kappa shape index (κ3) is 3.94. The summed E-state index contributed by atoms with van der Waals surface area (Å²) in [6, 6.07) is 5.43. The second-order valence-corrected chi connectivity index (χ2v) is 6.12. The lowest BCUT2D eigenvalue weighted by molar-refractivity contribution is 0.0907. The molecule has 0 spiro atoms. The maximum Gasteiger partial charge on any atom is 0.287 e. The average molecular weight is 345 g/mol. The number of hydrogen-bond acceptors (Lipinski definition) is 3. The van der Waals surface area contributed by atoms with Gasteiger partial charge in [-0.15, -0.1) is 12.4 Å². The van der Waals surface area contributed by atoms with Gasteiger partial charge in [-0.3, -0.25) is 4.79 Å². The zero-order valence-corrected chi connectivity index (χ0v) is 14.6. The van der Waals surface area contributed by atoms with E-state index in [1.807, 2.05) is 19.1 Å². The Labute approximate surface area is 141 Å². The van der Waals surface area contributed by atoms with Crippen molar-refractivity contribution in [2.24, 2.45) is 11.7 Å². The maximum absolute atomic E-state index is 12.4. The first-order valence-electron chi connectivity index (χ1n) is 7.12. The Bertz CT molecular complexity index is 653. The first-order chi connectivity index (χ1) is 9.93. The van der Waals surface area contributed by atoms with Crippen LogP contribution < -0.4 is 11.1 Å². The maximum atomic E-state index is 12.4. The first-order valence-corrected chi connectivity index (χ1v) is 7.50. The minimum Gasteiger partial charge on any atom is -0.449 e. The Kier molecular flexibility index (Phi) is 6.72. The van der Waals surface area contributed by atoms with Crippen molar-refractivity contribution in [1.29, 1.82) is 0 Å². The number of fused-ring (bicyclic) bond motifs is 1. The summed E-state index contributed by atoms with van der Waals surface area (Å²) in [5.74, 6) is 0.529. The first kappa shape index (κ1) is 18.8. The summed E-state index contributed by atoms with van der Waals surface area (Å²) >= 11 is 6.10. The van der Waals surface area contributed by atoms with Crippen molar-refractivity contribution in [1.82, 2.24) is 5.32 Å². The van der Waals surface area contributed by atoms with Gasteiger partial charge in [-0.05, 0) is 25.3 Å². The lowest BCUT2D eigenvalue weighted by atomic mass is 10.0. The van der Waals surface area contributed by atoms with Gasteiger partial charge in [0.2, 0.25) is 0 Å². The molecule has 4 nitrogen and oxygen atoms in total. The molecule has 1 atom stereocenters. The van der Waals surface area contributed by atoms with Gasteiger partial charge in [0.25, 0.3) is 5.91 Å². The Morgan fingerprint density at radius 3 is 2.64 bits per heavy atom. The Hall–Kier alpha value is -1.23. The van der Waals surface area contributed by atoms with Crippen molar-refractivity contribution in [3.63, 3.8) is 0 Å². The molecule has 0 aliphatic carbocycles. The van der Waals surface area contributed by atoms with Gasteiger partial charge < -0.3 is 15.5 Å². The van der Waals surface area contributed by atoms with E-state index in [1.54, 1.807) is 6.07 Å². The van der Waals surface area contributed by atoms with E-state index in [4.69, 9.17) is 21.8 Å². The number of nitrogens with one attached hydrogen (secondary N) is 1. The highest BCUT2D eigenvalue weighted by molar-refractivity contribution is 6.35. The largest absolute Gasteiger partial charge is 0.449 e. The van der Waals surface area contributed by atoms with E-state index in [0.717, 1.165) is 17.4 Å². The summed E-state index contributed by atoms with van der Waals surface area (Å²) in [6.07, 6.45) is 0.836. The van der Waals surface area contributed by atoms with Crippen molar-refractivity contribution in [3.8, 4) is 0 Å². The second-order valence-electron chi connectivity index (χ2n) is 5.71. The molecule has 3 N–H and O–H groups in total. The molecule has 6 heteroatoms. The van der Waals surface area contributed by atoms with E-state index >= 15 is 0 Å². The highest BCUT2D eigenvalue weighted by atomic mass is 35.5. The highest BCUT2D eigenvalue weighted by Crippen LogP contribution is 2.30. The smallest absolute Gasteiger partial charge is 0.287 e. The third-order valence-corrected chi connectivity index (χ3v) is 3.80. The monoisotopic (exact) mass is 344 g/mol. The summed E-state index contributed by atoms with van der Waals surface area (Å²) in [5, 5.41) is 4.30. The lowest BCUT2D eigenvalue weighted by Crippen LogP contribution is -2.41. The number of aryl methyl sites for hydroxylation is 1. The van der Waals surface area contributed by atoms with Gasteiger partial charge in [0, 0.05) is 23.5 Å². The van der Waals surface area contributed by atoms with E-state index in [2.05, 4.69) is 19.2 Å². The molecule has 1 unspecified atom stereocenters. The number of benzene rings is 1. The van der Waals surface area contributed by atoms with E-state index in [0.29, 0.717) is 28.8 Å². The fourth-order valence-electron chi connectivity index (χ4n) is 2.46. The average Bonchev–Trinajstić information content (AvgIpc) is 2.77. The molecule has 1 heterocycles. The molecule has 2 rings (SSSR count). The Morgan fingerprint density at radius 2 is 2.09 bits per heavy atom.